The highest BCUT2D eigenvalue weighted by Gasteiger charge is 2.25. The SMILES string of the molecule is CN=C(NCC(C)(C)c1ccc2c(c1)OCO2)N(C)Cc1csc(C)n1.I. The van der Waals surface area contributed by atoms with Gasteiger partial charge in [-0.15, -0.1) is 35.3 Å². The summed E-state index contributed by atoms with van der Waals surface area (Å²) in [7, 11) is 3.83. The van der Waals surface area contributed by atoms with Crippen LogP contribution >= 0.6 is 35.3 Å². The van der Waals surface area contributed by atoms with E-state index < -0.39 is 0 Å². The summed E-state index contributed by atoms with van der Waals surface area (Å²) >= 11 is 1.67. The number of guanidine groups is 1. The first kappa shape index (κ1) is 21.7. The monoisotopic (exact) mass is 502 g/mol. The van der Waals surface area contributed by atoms with Crippen molar-refractivity contribution in [3.8, 4) is 11.5 Å². The molecule has 0 fully saturated rings. The van der Waals surface area contributed by atoms with Crippen molar-refractivity contribution in [1.82, 2.24) is 15.2 Å². The molecule has 0 saturated heterocycles. The Hall–Kier alpha value is -1.55. The average molecular weight is 502 g/mol. The van der Waals surface area contributed by atoms with Crippen molar-refractivity contribution in [1.29, 1.82) is 0 Å². The van der Waals surface area contributed by atoms with Gasteiger partial charge in [0.2, 0.25) is 6.79 Å². The Bertz CT molecular complexity index is 807. The Kier molecular flexibility index (Phi) is 7.32. The first-order valence-corrected chi connectivity index (χ1v) is 9.50. The number of ether oxygens (including phenoxy) is 2. The van der Waals surface area contributed by atoms with Crippen molar-refractivity contribution in [2.24, 2.45) is 4.99 Å². The van der Waals surface area contributed by atoms with Gasteiger partial charge in [-0.1, -0.05) is 19.9 Å². The first-order chi connectivity index (χ1) is 12.4. The van der Waals surface area contributed by atoms with Gasteiger partial charge >= 0.3 is 0 Å². The van der Waals surface area contributed by atoms with Gasteiger partial charge in [-0.25, -0.2) is 4.98 Å². The fraction of sp³-hybridized carbons (Fsp3) is 0.474. The summed E-state index contributed by atoms with van der Waals surface area (Å²) in [6.07, 6.45) is 0. The van der Waals surface area contributed by atoms with Crippen molar-refractivity contribution in [3.05, 3.63) is 39.8 Å². The van der Waals surface area contributed by atoms with E-state index in [4.69, 9.17) is 9.47 Å². The summed E-state index contributed by atoms with van der Waals surface area (Å²) in [5.74, 6) is 2.48. The molecule has 1 aromatic heterocycles. The molecule has 0 spiro atoms. The Morgan fingerprint density at radius 2 is 2.07 bits per heavy atom. The van der Waals surface area contributed by atoms with Crippen LogP contribution in [0.15, 0.2) is 28.6 Å². The zero-order valence-electron chi connectivity index (χ0n) is 16.4. The molecule has 0 atom stereocenters. The molecule has 2 aromatic rings. The minimum absolute atomic E-state index is 0. The van der Waals surface area contributed by atoms with Gasteiger partial charge in [0.1, 0.15) is 0 Å². The molecule has 2 heterocycles. The van der Waals surface area contributed by atoms with Gasteiger partial charge in [0, 0.05) is 31.4 Å². The lowest BCUT2D eigenvalue weighted by Crippen LogP contribution is -2.44. The largest absolute Gasteiger partial charge is 0.454 e. The third-order valence-corrected chi connectivity index (χ3v) is 5.30. The molecular weight excluding hydrogens is 475 g/mol. The number of benzene rings is 1. The molecule has 1 aliphatic heterocycles. The summed E-state index contributed by atoms with van der Waals surface area (Å²) in [6, 6.07) is 6.14. The first-order valence-electron chi connectivity index (χ1n) is 8.62. The van der Waals surface area contributed by atoms with Crippen LogP contribution < -0.4 is 14.8 Å². The third kappa shape index (κ3) is 5.25. The van der Waals surface area contributed by atoms with Crippen molar-refractivity contribution in [3.63, 3.8) is 0 Å². The maximum Gasteiger partial charge on any atom is 0.231 e. The summed E-state index contributed by atoms with van der Waals surface area (Å²) in [5, 5.41) is 6.66. The van der Waals surface area contributed by atoms with Gasteiger partial charge in [0.05, 0.1) is 17.2 Å². The molecule has 3 rings (SSSR count). The highest BCUT2D eigenvalue weighted by molar-refractivity contribution is 14.0. The fourth-order valence-electron chi connectivity index (χ4n) is 2.90. The predicted octanol–water partition coefficient (Wildman–Crippen LogP) is 3.78. The number of nitrogens with zero attached hydrogens (tertiary/aromatic N) is 3. The smallest absolute Gasteiger partial charge is 0.231 e. The number of hydrogen-bond donors (Lipinski definition) is 1. The molecule has 6 nitrogen and oxygen atoms in total. The molecule has 27 heavy (non-hydrogen) atoms. The third-order valence-electron chi connectivity index (χ3n) is 4.48. The maximum absolute atomic E-state index is 5.51. The van der Waals surface area contributed by atoms with Crippen LogP contribution in [-0.2, 0) is 12.0 Å². The lowest BCUT2D eigenvalue weighted by atomic mass is 9.84. The molecule has 0 bridgehead atoms. The zero-order chi connectivity index (χ0) is 18.7. The van der Waals surface area contributed by atoms with Crippen LogP contribution in [0.3, 0.4) is 0 Å². The summed E-state index contributed by atoms with van der Waals surface area (Å²) < 4.78 is 10.9. The number of aryl methyl sites for hydroxylation is 1. The second kappa shape index (κ2) is 9.09. The van der Waals surface area contributed by atoms with Crippen LogP contribution in [0.2, 0.25) is 0 Å². The van der Waals surface area contributed by atoms with Crippen LogP contribution in [0.4, 0.5) is 0 Å². The van der Waals surface area contributed by atoms with Gasteiger partial charge in [-0.05, 0) is 24.6 Å². The van der Waals surface area contributed by atoms with E-state index in [0.29, 0.717) is 6.79 Å². The molecule has 1 N–H and O–H groups in total. The number of aromatic nitrogens is 1. The van der Waals surface area contributed by atoms with E-state index in [2.05, 4.69) is 51.6 Å². The second-order valence-electron chi connectivity index (χ2n) is 7.07. The van der Waals surface area contributed by atoms with Gasteiger partial charge in [-0.2, -0.15) is 0 Å². The van der Waals surface area contributed by atoms with E-state index in [-0.39, 0.29) is 29.4 Å². The van der Waals surface area contributed by atoms with Gasteiger partial charge in [0.25, 0.3) is 0 Å². The van der Waals surface area contributed by atoms with Crippen molar-refractivity contribution >= 4 is 41.3 Å². The molecule has 1 aromatic carbocycles. The van der Waals surface area contributed by atoms with Crippen LogP contribution in [0.5, 0.6) is 11.5 Å². The van der Waals surface area contributed by atoms with E-state index in [1.54, 1.807) is 18.4 Å². The second-order valence-corrected chi connectivity index (χ2v) is 8.13. The summed E-state index contributed by atoms with van der Waals surface area (Å²) in [4.78, 5) is 11.0. The summed E-state index contributed by atoms with van der Waals surface area (Å²) in [6.45, 7) is 8.21. The summed E-state index contributed by atoms with van der Waals surface area (Å²) in [5.41, 5.74) is 2.17. The topological polar surface area (TPSA) is 59.0 Å². The van der Waals surface area contributed by atoms with E-state index in [9.17, 15) is 0 Å². The lowest BCUT2D eigenvalue weighted by Gasteiger charge is -2.29. The van der Waals surface area contributed by atoms with Crippen LogP contribution in [0.25, 0.3) is 0 Å². The highest BCUT2D eigenvalue weighted by atomic mass is 127. The number of aliphatic imine (C=N–C) groups is 1. The highest BCUT2D eigenvalue weighted by Crippen LogP contribution is 2.36. The number of rotatable bonds is 5. The Balaban J connectivity index is 0.00000261. The van der Waals surface area contributed by atoms with Crippen LogP contribution in [0, 0.1) is 6.92 Å². The van der Waals surface area contributed by atoms with Gasteiger partial charge < -0.3 is 19.7 Å². The average Bonchev–Trinajstić information content (AvgIpc) is 3.23. The molecule has 1 aliphatic rings. The van der Waals surface area contributed by atoms with Crippen LogP contribution in [0.1, 0.15) is 30.1 Å². The van der Waals surface area contributed by atoms with Crippen molar-refractivity contribution < 1.29 is 9.47 Å². The normalized spacial score (nSPS) is 13.3. The zero-order valence-corrected chi connectivity index (χ0v) is 19.6. The minimum atomic E-state index is -0.0883. The van der Waals surface area contributed by atoms with Crippen molar-refractivity contribution in [2.75, 3.05) is 27.4 Å². The number of nitrogens with one attached hydrogen (secondary N) is 1. The standard InChI is InChI=1S/C19H26N4O2S.HI/c1-13-22-15(10-26-13)9-23(5)18(20-4)21-11-19(2,3)14-6-7-16-17(8-14)25-12-24-16;/h6-8,10H,9,11-12H2,1-5H3,(H,20,21);1H. The number of halogens is 1. The quantitative estimate of drug-likeness (QED) is 0.383. The predicted molar refractivity (Wildman–Crippen MR) is 121 cm³/mol. The Morgan fingerprint density at radius 1 is 1.33 bits per heavy atom. The molecule has 148 valence electrons. The van der Waals surface area contributed by atoms with E-state index in [0.717, 1.165) is 41.2 Å². The Labute approximate surface area is 182 Å². The van der Waals surface area contributed by atoms with E-state index >= 15 is 0 Å². The number of thiazole rings is 1. The molecule has 8 heteroatoms. The molecule has 0 aliphatic carbocycles. The minimum Gasteiger partial charge on any atom is -0.454 e. The fourth-order valence-corrected chi connectivity index (χ4v) is 3.51. The van der Waals surface area contributed by atoms with Crippen molar-refractivity contribution in [2.45, 2.75) is 32.7 Å². The number of hydrogen-bond acceptors (Lipinski definition) is 5. The molecule has 0 amide bonds. The number of fused-ring (bicyclic) bond motifs is 1. The Morgan fingerprint density at radius 3 is 2.74 bits per heavy atom. The molecule has 0 unspecified atom stereocenters. The van der Waals surface area contributed by atoms with Gasteiger partial charge in [0.15, 0.2) is 17.5 Å². The van der Waals surface area contributed by atoms with E-state index in [1.165, 1.54) is 5.56 Å². The van der Waals surface area contributed by atoms with Crippen LogP contribution in [-0.4, -0.2) is 43.3 Å². The molecule has 0 radical (unpaired) electrons. The lowest BCUT2D eigenvalue weighted by molar-refractivity contribution is 0.174. The molecular formula is C19H27IN4O2S. The molecule has 0 saturated carbocycles. The van der Waals surface area contributed by atoms with Gasteiger partial charge in [-0.3, -0.25) is 4.99 Å². The maximum atomic E-state index is 5.51. The van der Waals surface area contributed by atoms with E-state index in [1.807, 2.05) is 20.0 Å².